The third-order valence-corrected chi connectivity index (χ3v) is 8.60. The second-order valence-corrected chi connectivity index (χ2v) is 11.2. The molecule has 0 radical (unpaired) electrons. The number of nitrogens with one attached hydrogen (secondary N) is 1. The van der Waals surface area contributed by atoms with Gasteiger partial charge in [0.05, 0.1) is 19.3 Å². The van der Waals surface area contributed by atoms with E-state index in [-0.39, 0.29) is 0 Å². The van der Waals surface area contributed by atoms with E-state index >= 15 is 0 Å². The molecule has 2 aromatic heterocycles. The van der Waals surface area contributed by atoms with Gasteiger partial charge in [0.1, 0.15) is 16.8 Å². The van der Waals surface area contributed by atoms with E-state index in [1.165, 1.54) is 35.8 Å². The zero-order chi connectivity index (χ0) is 28.0. The quantitative estimate of drug-likeness (QED) is 0.177. The second kappa shape index (κ2) is 12.3. The van der Waals surface area contributed by atoms with Crippen LogP contribution in [0, 0.1) is 0 Å². The summed E-state index contributed by atoms with van der Waals surface area (Å²) < 4.78 is 13.6. The Morgan fingerprint density at radius 2 is 1.73 bits per heavy atom. The number of tetrazole rings is 1. The summed E-state index contributed by atoms with van der Waals surface area (Å²) in [5.41, 5.74) is 4.11. The highest BCUT2D eigenvalue weighted by Gasteiger charge is 2.36. The van der Waals surface area contributed by atoms with Crippen LogP contribution in [0.4, 0.5) is 5.95 Å². The first kappa shape index (κ1) is 26.7. The molecular weight excluding hydrogens is 558 g/mol. The summed E-state index contributed by atoms with van der Waals surface area (Å²) in [4.78, 5) is 13.2. The van der Waals surface area contributed by atoms with Gasteiger partial charge in [0.2, 0.25) is 5.95 Å². The lowest BCUT2D eigenvalue weighted by Gasteiger charge is -2.28. The van der Waals surface area contributed by atoms with Gasteiger partial charge in [-0.05, 0) is 33.7 Å². The first-order valence-electron chi connectivity index (χ1n) is 12.8. The molecule has 206 valence electrons. The van der Waals surface area contributed by atoms with Gasteiger partial charge in [-0.25, -0.2) is 4.79 Å². The summed E-state index contributed by atoms with van der Waals surface area (Å²) in [6.07, 6.45) is 0.808. The van der Waals surface area contributed by atoms with Crippen LogP contribution in [0.2, 0.25) is 0 Å². The maximum atomic E-state index is 13.2. The molecule has 0 saturated carbocycles. The Morgan fingerprint density at radius 3 is 2.49 bits per heavy atom. The smallest absolute Gasteiger partial charge is 0.338 e. The summed E-state index contributed by atoms with van der Waals surface area (Å²) in [5, 5.41) is 24.9. The Balaban J connectivity index is 1.23. The monoisotopic (exact) mass is 583 g/mol. The van der Waals surface area contributed by atoms with Crippen molar-refractivity contribution in [3.63, 3.8) is 0 Å². The van der Waals surface area contributed by atoms with Crippen molar-refractivity contribution in [2.24, 2.45) is 0 Å². The Labute approximate surface area is 244 Å². The van der Waals surface area contributed by atoms with Crippen molar-refractivity contribution in [3.05, 3.63) is 107 Å². The van der Waals surface area contributed by atoms with Crippen molar-refractivity contribution >= 4 is 35.0 Å². The number of rotatable bonds is 10. The number of anilines is 1. The molecule has 0 spiro atoms. The average Bonchev–Trinajstić information content (AvgIpc) is 3.70. The minimum Gasteiger partial charge on any atom is -0.493 e. The van der Waals surface area contributed by atoms with E-state index in [4.69, 9.17) is 9.47 Å². The molecule has 0 bridgehead atoms. The molecule has 12 heteroatoms. The highest BCUT2D eigenvalue weighted by molar-refractivity contribution is 8.01. The van der Waals surface area contributed by atoms with Gasteiger partial charge in [-0.15, -0.1) is 10.2 Å². The normalized spacial score (nSPS) is 14.3. The molecule has 0 amide bonds. The van der Waals surface area contributed by atoms with Crippen LogP contribution in [0.5, 0.6) is 5.75 Å². The van der Waals surface area contributed by atoms with E-state index in [0.29, 0.717) is 29.6 Å². The fraction of sp³-hybridized carbons (Fsp3) is 0.172. The van der Waals surface area contributed by atoms with Crippen LogP contribution >= 0.6 is 23.1 Å². The molecule has 6 rings (SSSR count). The summed E-state index contributed by atoms with van der Waals surface area (Å²) in [6, 6.07) is 27.1. The van der Waals surface area contributed by atoms with Crippen LogP contribution in [-0.4, -0.2) is 55.8 Å². The third-order valence-electron chi connectivity index (χ3n) is 6.47. The summed E-state index contributed by atoms with van der Waals surface area (Å²) in [6.45, 7) is 0.556. The molecule has 1 unspecified atom stereocenters. The van der Waals surface area contributed by atoms with Crippen LogP contribution in [0.25, 0.3) is 10.6 Å². The number of hydrogen-bond donors (Lipinski definition) is 1. The molecule has 1 N–H and O–H groups in total. The number of thioether (sulfide) groups is 1. The third kappa shape index (κ3) is 5.98. The predicted octanol–water partition coefficient (Wildman–Crippen LogP) is 5.05. The van der Waals surface area contributed by atoms with Crippen LogP contribution in [0.1, 0.15) is 17.2 Å². The topological polar surface area (TPSA) is 117 Å². The molecule has 3 aromatic carbocycles. The molecule has 0 saturated heterocycles. The predicted molar refractivity (Wildman–Crippen MR) is 157 cm³/mol. The van der Waals surface area contributed by atoms with Crippen molar-refractivity contribution in [1.82, 2.24) is 30.4 Å². The van der Waals surface area contributed by atoms with Gasteiger partial charge in [-0.1, -0.05) is 101 Å². The number of benzene rings is 3. The minimum atomic E-state index is -0.586. The Hall–Kier alpha value is -4.55. The summed E-state index contributed by atoms with van der Waals surface area (Å²) >= 11 is 2.97. The van der Waals surface area contributed by atoms with E-state index < -0.39 is 12.0 Å². The van der Waals surface area contributed by atoms with Crippen LogP contribution < -0.4 is 10.1 Å². The second-order valence-electron chi connectivity index (χ2n) is 9.04. The van der Waals surface area contributed by atoms with Crippen molar-refractivity contribution in [1.29, 1.82) is 0 Å². The van der Waals surface area contributed by atoms with Crippen molar-refractivity contribution < 1.29 is 14.3 Å². The van der Waals surface area contributed by atoms with E-state index in [0.717, 1.165) is 32.6 Å². The number of esters is 1. The minimum absolute atomic E-state index is 0.415. The molecule has 41 heavy (non-hydrogen) atoms. The molecule has 1 aliphatic rings. The fourth-order valence-electron chi connectivity index (χ4n) is 4.48. The van der Waals surface area contributed by atoms with Crippen molar-refractivity contribution in [3.8, 4) is 16.3 Å². The highest BCUT2D eigenvalue weighted by Crippen LogP contribution is 2.38. The number of ether oxygens (including phenoxy) is 2. The lowest BCUT2D eigenvalue weighted by atomic mass is 9.95. The van der Waals surface area contributed by atoms with Gasteiger partial charge in [-0.3, -0.25) is 0 Å². The number of nitrogens with zero attached hydrogens (tertiary/aromatic N) is 6. The van der Waals surface area contributed by atoms with Gasteiger partial charge >= 0.3 is 5.97 Å². The van der Waals surface area contributed by atoms with E-state index in [2.05, 4.69) is 43.2 Å². The zero-order valence-corrected chi connectivity index (χ0v) is 23.6. The SMILES string of the molecule is COC(=O)C1=C(CSc2nnc(-c3ccccc3)s2)Nc2nnnn2C1c1ccc(OCCc2ccccc2)cc1. The molecule has 0 aliphatic carbocycles. The standard InChI is InChI=1S/C29H25N7O3S2/c1-38-27(37)24-23(18-40-29-33-31-26(41-29)21-10-6-3-7-11-21)30-28-32-34-35-36(28)25(24)20-12-14-22(15-13-20)39-17-16-19-8-4-2-5-9-19/h2-15,25H,16-18H2,1H3,(H,30,32,35). The van der Waals surface area contributed by atoms with Crippen LogP contribution in [-0.2, 0) is 16.0 Å². The lowest BCUT2D eigenvalue weighted by molar-refractivity contribution is -0.136. The Morgan fingerprint density at radius 1 is 0.976 bits per heavy atom. The van der Waals surface area contributed by atoms with E-state index in [1.54, 1.807) is 4.68 Å². The molecule has 0 fully saturated rings. The largest absolute Gasteiger partial charge is 0.493 e. The zero-order valence-electron chi connectivity index (χ0n) is 22.0. The lowest BCUT2D eigenvalue weighted by Crippen LogP contribution is -2.30. The molecule has 3 heterocycles. The Kier molecular flexibility index (Phi) is 8.01. The fourth-order valence-corrected chi connectivity index (χ4v) is 6.31. The molecule has 1 atom stereocenters. The summed E-state index contributed by atoms with van der Waals surface area (Å²) in [7, 11) is 1.37. The number of hydrogen-bond acceptors (Lipinski definition) is 11. The Bertz CT molecular complexity index is 1650. The number of fused-ring (bicyclic) bond motifs is 1. The van der Waals surface area contributed by atoms with E-state index in [9.17, 15) is 4.79 Å². The first-order chi connectivity index (χ1) is 20.2. The van der Waals surface area contributed by atoms with Gasteiger partial charge in [0.15, 0.2) is 4.34 Å². The molecule has 1 aliphatic heterocycles. The average molecular weight is 584 g/mol. The number of methoxy groups -OCH3 is 1. The molecule has 10 nitrogen and oxygen atoms in total. The van der Waals surface area contributed by atoms with Crippen molar-refractivity contribution in [2.75, 3.05) is 24.8 Å². The first-order valence-corrected chi connectivity index (χ1v) is 14.6. The number of carbonyl (C=O) groups excluding carboxylic acids is 1. The maximum absolute atomic E-state index is 13.2. The number of aromatic nitrogens is 6. The van der Waals surface area contributed by atoms with Crippen LogP contribution in [0.3, 0.4) is 0 Å². The van der Waals surface area contributed by atoms with Gasteiger partial charge in [-0.2, -0.15) is 4.68 Å². The molecule has 5 aromatic rings. The van der Waals surface area contributed by atoms with Crippen LogP contribution in [0.15, 0.2) is 101 Å². The molecular formula is C29H25N7O3S2. The van der Waals surface area contributed by atoms with Crippen molar-refractivity contribution in [2.45, 2.75) is 16.8 Å². The van der Waals surface area contributed by atoms with Gasteiger partial charge in [0, 0.05) is 23.4 Å². The highest BCUT2D eigenvalue weighted by atomic mass is 32.2. The summed E-state index contributed by atoms with van der Waals surface area (Å²) in [5.74, 6) is 1.12. The maximum Gasteiger partial charge on any atom is 0.338 e. The van der Waals surface area contributed by atoms with Gasteiger partial charge < -0.3 is 14.8 Å². The van der Waals surface area contributed by atoms with Gasteiger partial charge in [0.25, 0.3) is 0 Å². The van der Waals surface area contributed by atoms with E-state index in [1.807, 2.05) is 72.8 Å². The number of carbonyl (C=O) groups is 1.